The highest BCUT2D eigenvalue weighted by Gasteiger charge is 2.45. The van der Waals surface area contributed by atoms with Crippen LogP contribution in [0.3, 0.4) is 0 Å². The Bertz CT molecular complexity index is 638. The van der Waals surface area contributed by atoms with Crippen LogP contribution in [0.15, 0.2) is 55.1 Å². The summed E-state index contributed by atoms with van der Waals surface area (Å²) in [5.41, 5.74) is 1.32. The van der Waals surface area contributed by atoms with Crippen molar-refractivity contribution in [3.8, 4) is 0 Å². The molecular formula is C22H29NO3. The highest BCUT2D eigenvalue weighted by Crippen LogP contribution is 2.35. The summed E-state index contributed by atoms with van der Waals surface area (Å²) in [7, 11) is 1.38. The quantitative estimate of drug-likeness (QED) is 0.524. The number of benzene rings is 1. The highest BCUT2D eigenvalue weighted by atomic mass is 16.5. The maximum absolute atomic E-state index is 12.6. The van der Waals surface area contributed by atoms with Gasteiger partial charge in [-0.1, -0.05) is 48.6 Å². The van der Waals surface area contributed by atoms with Gasteiger partial charge in [0.1, 0.15) is 6.04 Å². The predicted molar refractivity (Wildman–Crippen MR) is 104 cm³/mol. The summed E-state index contributed by atoms with van der Waals surface area (Å²) in [5.74, 6) is -0.140. The average molecular weight is 355 g/mol. The number of methoxy groups -OCH3 is 1. The lowest BCUT2D eigenvalue weighted by molar-refractivity contribution is -0.151. The number of allylic oxidation sites excluding steroid dienone is 1. The zero-order chi connectivity index (χ0) is 18.9. The highest BCUT2D eigenvalue weighted by molar-refractivity contribution is 5.86. The first-order valence-electron chi connectivity index (χ1n) is 9.29. The molecule has 0 N–H and O–H groups in total. The topological polar surface area (TPSA) is 46.6 Å². The van der Waals surface area contributed by atoms with E-state index in [0.29, 0.717) is 6.42 Å². The lowest BCUT2D eigenvalue weighted by atomic mass is 9.91. The number of hydrogen-bond acceptors (Lipinski definition) is 3. The van der Waals surface area contributed by atoms with Crippen molar-refractivity contribution in [3.05, 3.63) is 60.7 Å². The van der Waals surface area contributed by atoms with E-state index in [-0.39, 0.29) is 30.3 Å². The molecule has 1 aliphatic heterocycles. The van der Waals surface area contributed by atoms with Crippen LogP contribution < -0.4 is 0 Å². The molecule has 4 nitrogen and oxygen atoms in total. The molecule has 1 saturated heterocycles. The molecule has 1 aliphatic rings. The molecule has 0 unspecified atom stereocenters. The molecule has 0 aliphatic carbocycles. The van der Waals surface area contributed by atoms with Crippen molar-refractivity contribution < 1.29 is 14.3 Å². The van der Waals surface area contributed by atoms with Gasteiger partial charge in [-0.25, -0.2) is 4.79 Å². The van der Waals surface area contributed by atoms with Gasteiger partial charge in [0.2, 0.25) is 5.91 Å². The van der Waals surface area contributed by atoms with E-state index < -0.39 is 6.04 Å². The molecule has 0 saturated carbocycles. The lowest BCUT2D eigenvalue weighted by Gasteiger charge is -2.28. The minimum absolute atomic E-state index is 0.0627. The molecule has 1 fully saturated rings. The van der Waals surface area contributed by atoms with Gasteiger partial charge < -0.3 is 9.64 Å². The van der Waals surface area contributed by atoms with Crippen LogP contribution in [0, 0.1) is 5.92 Å². The Morgan fingerprint density at radius 3 is 2.65 bits per heavy atom. The standard InChI is InChI=1S/C22H29NO3/c1-4-10-19-18(15-9-14-17-12-7-6-8-13-17)16-20(22(25)26-3)23(19)21(24)11-5-2/h4-8,10,12-13,18-20H,2,9,11,14-16H2,1,3H3/b10-4-/t18-,19-,20+/m1/s1. The first-order valence-corrected chi connectivity index (χ1v) is 9.29. The van der Waals surface area contributed by atoms with Gasteiger partial charge in [-0.05, 0) is 44.1 Å². The van der Waals surface area contributed by atoms with Crippen LogP contribution in [0.2, 0.25) is 0 Å². The number of rotatable bonds is 8. The maximum atomic E-state index is 12.6. The summed E-state index contributed by atoms with van der Waals surface area (Å²) in [4.78, 5) is 26.6. The summed E-state index contributed by atoms with van der Waals surface area (Å²) >= 11 is 0. The van der Waals surface area contributed by atoms with Crippen molar-refractivity contribution in [2.24, 2.45) is 5.92 Å². The van der Waals surface area contributed by atoms with Crippen LogP contribution in [-0.2, 0) is 20.7 Å². The molecule has 0 bridgehead atoms. The van der Waals surface area contributed by atoms with Crippen molar-refractivity contribution in [1.82, 2.24) is 4.90 Å². The maximum Gasteiger partial charge on any atom is 0.328 e. The van der Waals surface area contributed by atoms with E-state index in [1.165, 1.54) is 12.7 Å². The van der Waals surface area contributed by atoms with E-state index in [9.17, 15) is 9.59 Å². The van der Waals surface area contributed by atoms with E-state index in [1.807, 2.05) is 25.1 Å². The molecule has 1 amide bonds. The third-order valence-electron chi connectivity index (χ3n) is 5.02. The predicted octanol–water partition coefficient (Wildman–Crippen LogP) is 3.92. The molecule has 0 spiro atoms. The number of carbonyl (C=O) groups excluding carboxylic acids is 2. The zero-order valence-corrected chi connectivity index (χ0v) is 15.8. The third kappa shape index (κ3) is 4.84. The fraction of sp³-hybridized carbons (Fsp3) is 0.455. The van der Waals surface area contributed by atoms with Gasteiger partial charge in [0.25, 0.3) is 0 Å². The third-order valence-corrected chi connectivity index (χ3v) is 5.02. The minimum Gasteiger partial charge on any atom is -0.467 e. The number of esters is 1. The summed E-state index contributed by atoms with van der Waals surface area (Å²) in [6, 6.07) is 9.83. The fourth-order valence-corrected chi connectivity index (χ4v) is 3.84. The average Bonchev–Trinajstić information content (AvgIpc) is 3.01. The fourth-order valence-electron chi connectivity index (χ4n) is 3.84. The first-order chi connectivity index (χ1) is 12.6. The van der Waals surface area contributed by atoms with E-state index >= 15 is 0 Å². The van der Waals surface area contributed by atoms with E-state index in [4.69, 9.17) is 4.74 Å². The number of carbonyl (C=O) groups is 2. The van der Waals surface area contributed by atoms with Crippen LogP contribution in [-0.4, -0.2) is 36.0 Å². The van der Waals surface area contributed by atoms with E-state index in [1.54, 1.807) is 11.0 Å². The van der Waals surface area contributed by atoms with Gasteiger partial charge in [-0.15, -0.1) is 6.58 Å². The SMILES string of the molecule is C=CCC(=O)N1[C@H](/C=C\C)[C@H](CCCc2ccccc2)C[C@H]1C(=O)OC. The second kappa shape index (κ2) is 9.95. The van der Waals surface area contributed by atoms with Crippen LogP contribution >= 0.6 is 0 Å². The molecule has 1 heterocycles. The molecular weight excluding hydrogens is 326 g/mol. The normalized spacial score (nSPS) is 22.5. The van der Waals surface area contributed by atoms with Gasteiger partial charge in [0, 0.05) is 6.42 Å². The molecule has 1 aromatic rings. The second-order valence-electron chi connectivity index (χ2n) is 6.72. The lowest BCUT2D eigenvalue weighted by Crippen LogP contribution is -2.45. The van der Waals surface area contributed by atoms with Gasteiger partial charge in [0.05, 0.1) is 13.2 Å². The Balaban J connectivity index is 2.12. The number of amides is 1. The van der Waals surface area contributed by atoms with Gasteiger partial charge >= 0.3 is 5.97 Å². The molecule has 0 radical (unpaired) electrons. The van der Waals surface area contributed by atoms with Crippen molar-refractivity contribution in [3.63, 3.8) is 0 Å². The number of ether oxygens (including phenoxy) is 1. The molecule has 0 aromatic heterocycles. The monoisotopic (exact) mass is 355 g/mol. The van der Waals surface area contributed by atoms with Crippen molar-refractivity contribution in [1.29, 1.82) is 0 Å². The van der Waals surface area contributed by atoms with Gasteiger partial charge in [0.15, 0.2) is 0 Å². The molecule has 3 atom stereocenters. The van der Waals surface area contributed by atoms with Crippen LogP contribution in [0.1, 0.15) is 38.2 Å². The van der Waals surface area contributed by atoms with Crippen LogP contribution in [0.25, 0.3) is 0 Å². The van der Waals surface area contributed by atoms with Crippen LogP contribution in [0.5, 0.6) is 0 Å². The molecule has 1 aromatic carbocycles. The van der Waals surface area contributed by atoms with Gasteiger partial charge in [-0.3, -0.25) is 4.79 Å². The molecule has 26 heavy (non-hydrogen) atoms. The molecule has 140 valence electrons. The Kier molecular flexibility index (Phi) is 7.64. The number of aryl methyl sites for hydroxylation is 1. The number of likely N-dealkylation sites (tertiary alicyclic amines) is 1. The van der Waals surface area contributed by atoms with Crippen molar-refractivity contribution in [2.75, 3.05) is 7.11 Å². The minimum atomic E-state index is -0.504. The van der Waals surface area contributed by atoms with Gasteiger partial charge in [-0.2, -0.15) is 0 Å². The largest absolute Gasteiger partial charge is 0.467 e. The first kappa shape index (κ1) is 20.0. The second-order valence-corrected chi connectivity index (χ2v) is 6.72. The Morgan fingerprint density at radius 2 is 2.04 bits per heavy atom. The molecule has 4 heteroatoms. The Labute approximate surface area is 156 Å². The van der Waals surface area contributed by atoms with Crippen LogP contribution in [0.4, 0.5) is 0 Å². The molecule has 2 rings (SSSR count). The van der Waals surface area contributed by atoms with Crippen molar-refractivity contribution in [2.45, 2.75) is 51.1 Å². The zero-order valence-electron chi connectivity index (χ0n) is 15.8. The number of hydrogen-bond donors (Lipinski definition) is 0. The van der Waals surface area contributed by atoms with Crippen molar-refractivity contribution >= 4 is 11.9 Å². The number of nitrogens with zero attached hydrogens (tertiary/aromatic N) is 1. The smallest absolute Gasteiger partial charge is 0.328 e. The van der Waals surface area contributed by atoms with E-state index in [0.717, 1.165) is 19.3 Å². The Hall–Kier alpha value is -2.36. The summed E-state index contributed by atoms with van der Waals surface area (Å²) in [6.45, 7) is 5.60. The Morgan fingerprint density at radius 1 is 1.31 bits per heavy atom. The summed E-state index contributed by atoms with van der Waals surface area (Å²) in [5, 5.41) is 0. The summed E-state index contributed by atoms with van der Waals surface area (Å²) < 4.78 is 4.96. The van der Waals surface area contributed by atoms with E-state index in [2.05, 4.69) is 30.8 Å². The summed E-state index contributed by atoms with van der Waals surface area (Å²) in [6.07, 6.45) is 9.47.